The number of nitrogens with zero attached hydrogens (tertiary/aromatic N) is 2. The van der Waals surface area contributed by atoms with Crippen LogP contribution in [0.25, 0.3) is 0 Å². The first-order chi connectivity index (χ1) is 12.2. The van der Waals surface area contributed by atoms with Crippen LogP contribution in [0, 0.1) is 0 Å². The van der Waals surface area contributed by atoms with Crippen molar-refractivity contribution in [1.82, 2.24) is 10.2 Å². The molecular weight excluding hydrogens is 445 g/mol. The SMILES string of the molecule is CN=C(NCCCOCc1ccco1)N(C)Cc1ccccc1OC.I. The molecule has 0 aliphatic carbocycles. The second-order valence-corrected chi connectivity index (χ2v) is 5.63. The van der Waals surface area contributed by atoms with Gasteiger partial charge in [0.05, 0.1) is 13.4 Å². The molecule has 0 aliphatic rings. The number of furan rings is 1. The monoisotopic (exact) mass is 473 g/mol. The standard InChI is InChI=1S/C19H27N3O3.HI/c1-20-19(21-11-7-12-24-15-17-9-6-13-25-17)22(2)14-16-8-4-5-10-18(16)23-3;/h4-6,8-10,13H,7,11-12,14-15H2,1-3H3,(H,20,21);1H. The molecule has 0 atom stereocenters. The molecule has 1 aromatic carbocycles. The van der Waals surface area contributed by atoms with Crippen LogP contribution < -0.4 is 10.1 Å². The summed E-state index contributed by atoms with van der Waals surface area (Å²) in [5, 5.41) is 3.35. The van der Waals surface area contributed by atoms with E-state index in [2.05, 4.69) is 21.3 Å². The van der Waals surface area contributed by atoms with Crippen molar-refractivity contribution in [3.05, 3.63) is 54.0 Å². The van der Waals surface area contributed by atoms with Crippen LogP contribution in [0.2, 0.25) is 0 Å². The normalized spacial score (nSPS) is 11.0. The molecule has 0 saturated carbocycles. The predicted octanol–water partition coefficient (Wildman–Crippen LogP) is 3.52. The first kappa shape index (κ1) is 22.3. The summed E-state index contributed by atoms with van der Waals surface area (Å²) in [7, 11) is 5.48. The molecule has 0 spiro atoms. The number of aliphatic imine (C=N–C) groups is 1. The quantitative estimate of drug-likeness (QED) is 0.262. The topological polar surface area (TPSA) is 59.2 Å². The van der Waals surface area contributed by atoms with Crippen molar-refractivity contribution in [3.8, 4) is 5.75 Å². The smallest absolute Gasteiger partial charge is 0.193 e. The van der Waals surface area contributed by atoms with E-state index in [1.165, 1.54) is 0 Å². The lowest BCUT2D eigenvalue weighted by molar-refractivity contribution is 0.104. The van der Waals surface area contributed by atoms with Crippen molar-refractivity contribution in [2.24, 2.45) is 4.99 Å². The molecular formula is C19H28IN3O3. The van der Waals surface area contributed by atoms with Crippen molar-refractivity contribution in [2.75, 3.05) is 34.4 Å². The van der Waals surface area contributed by atoms with Gasteiger partial charge in [-0.25, -0.2) is 0 Å². The van der Waals surface area contributed by atoms with Gasteiger partial charge in [-0.2, -0.15) is 0 Å². The number of para-hydroxylation sites is 1. The first-order valence-electron chi connectivity index (χ1n) is 8.38. The van der Waals surface area contributed by atoms with Gasteiger partial charge >= 0.3 is 0 Å². The lowest BCUT2D eigenvalue weighted by Gasteiger charge is -2.23. The number of rotatable bonds is 9. The first-order valence-corrected chi connectivity index (χ1v) is 8.38. The minimum absolute atomic E-state index is 0. The lowest BCUT2D eigenvalue weighted by Crippen LogP contribution is -2.39. The summed E-state index contributed by atoms with van der Waals surface area (Å²) in [5.41, 5.74) is 1.12. The van der Waals surface area contributed by atoms with E-state index in [-0.39, 0.29) is 24.0 Å². The zero-order valence-corrected chi connectivity index (χ0v) is 17.9. The Labute approximate surface area is 172 Å². The number of methoxy groups -OCH3 is 1. The Morgan fingerprint density at radius 2 is 2.04 bits per heavy atom. The molecule has 2 aromatic rings. The number of hydrogen-bond donors (Lipinski definition) is 1. The number of guanidine groups is 1. The Hall–Kier alpha value is -1.74. The third-order valence-corrected chi connectivity index (χ3v) is 3.75. The number of nitrogens with one attached hydrogen (secondary N) is 1. The van der Waals surface area contributed by atoms with Crippen LogP contribution in [0.3, 0.4) is 0 Å². The summed E-state index contributed by atoms with van der Waals surface area (Å²) < 4.78 is 16.2. The van der Waals surface area contributed by atoms with Gasteiger partial charge in [0.2, 0.25) is 0 Å². The molecule has 0 unspecified atom stereocenters. The third-order valence-electron chi connectivity index (χ3n) is 3.75. The Morgan fingerprint density at radius 3 is 2.73 bits per heavy atom. The van der Waals surface area contributed by atoms with E-state index < -0.39 is 0 Å². The minimum atomic E-state index is 0. The molecule has 1 aromatic heterocycles. The molecule has 7 heteroatoms. The van der Waals surface area contributed by atoms with Gasteiger partial charge in [0.1, 0.15) is 18.1 Å². The second kappa shape index (κ2) is 12.6. The lowest BCUT2D eigenvalue weighted by atomic mass is 10.2. The number of benzene rings is 1. The highest BCUT2D eigenvalue weighted by Gasteiger charge is 2.09. The average Bonchev–Trinajstić information content (AvgIpc) is 3.15. The second-order valence-electron chi connectivity index (χ2n) is 5.63. The van der Waals surface area contributed by atoms with Gasteiger partial charge in [-0.15, -0.1) is 24.0 Å². The molecule has 6 nitrogen and oxygen atoms in total. The van der Waals surface area contributed by atoms with E-state index in [0.717, 1.165) is 42.5 Å². The van der Waals surface area contributed by atoms with E-state index in [1.807, 2.05) is 37.4 Å². The number of halogens is 1. The highest BCUT2D eigenvalue weighted by molar-refractivity contribution is 14.0. The van der Waals surface area contributed by atoms with Crippen LogP contribution in [-0.2, 0) is 17.9 Å². The Balaban J connectivity index is 0.00000338. The van der Waals surface area contributed by atoms with Crippen LogP contribution in [0.1, 0.15) is 17.7 Å². The van der Waals surface area contributed by atoms with E-state index in [1.54, 1.807) is 20.4 Å². The number of hydrogen-bond acceptors (Lipinski definition) is 4. The molecule has 1 heterocycles. The van der Waals surface area contributed by atoms with Crippen molar-refractivity contribution in [1.29, 1.82) is 0 Å². The van der Waals surface area contributed by atoms with E-state index >= 15 is 0 Å². The van der Waals surface area contributed by atoms with E-state index in [0.29, 0.717) is 13.2 Å². The third kappa shape index (κ3) is 7.25. The highest BCUT2D eigenvalue weighted by atomic mass is 127. The minimum Gasteiger partial charge on any atom is -0.496 e. The summed E-state index contributed by atoms with van der Waals surface area (Å²) >= 11 is 0. The van der Waals surface area contributed by atoms with Crippen LogP contribution in [0.4, 0.5) is 0 Å². The van der Waals surface area contributed by atoms with Gasteiger partial charge < -0.3 is 24.1 Å². The summed E-state index contributed by atoms with van der Waals surface area (Å²) in [6, 6.07) is 11.8. The van der Waals surface area contributed by atoms with Crippen LogP contribution >= 0.6 is 24.0 Å². The summed E-state index contributed by atoms with van der Waals surface area (Å²) in [6.45, 7) is 2.69. The molecule has 0 radical (unpaired) electrons. The summed E-state index contributed by atoms with van der Waals surface area (Å²) in [5.74, 6) is 2.58. The van der Waals surface area contributed by atoms with E-state index in [4.69, 9.17) is 13.9 Å². The predicted molar refractivity (Wildman–Crippen MR) is 114 cm³/mol. The Morgan fingerprint density at radius 1 is 1.23 bits per heavy atom. The summed E-state index contributed by atoms with van der Waals surface area (Å²) in [6.07, 6.45) is 2.55. The summed E-state index contributed by atoms with van der Waals surface area (Å²) in [4.78, 5) is 6.40. The van der Waals surface area contributed by atoms with Crippen molar-refractivity contribution in [2.45, 2.75) is 19.6 Å². The molecule has 144 valence electrons. The fraction of sp³-hybridized carbons (Fsp3) is 0.421. The van der Waals surface area contributed by atoms with Gasteiger partial charge in [-0.3, -0.25) is 4.99 Å². The fourth-order valence-electron chi connectivity index (χ4n) is 2.49. The van der Waals surface area contributed by atoms with Crippen molar-refractivity contribution < 1.29 is 13.9 Å². The van der Waals surface area contributed by atoms with Crippen LogP contribution in [0.15, 0.2) is 52.1 Å². The van der Waals surface area contributed by atoms with Crippen LogP contribution in [0.5, 0.6) is 5.75 Å². The van der Waals surface area contributed by atoms with Gasteiger partial charge in [-0.05, 0) is 24.6 Å². The largest absolute Gasteiger partial charge is 0.496 e. The maximum atomic E-state index is 5.58. The highest BCUT2D eigenvalue weighted by Crippen LogP contribution is 2.18. The van der Waals surface area contributed by atoms with Gasteiger partial charge in [0.25, 0.3) is 0 Å². The molecule has 0 saturated heterocycles. The van der Waals surface area contributed by atoms with Gasteiger partial charge in [0.15, 0.2) is 5.96 Å². The van der Waals surface area contributed by atoms with Gasteiger partial charge in [0, 0.05) is 39.4 Å². The molecule has 1 N–H and O–H groups in total. The molecule has 26 heavy (non-hydrogen) atoms. The molecule has 0 aliphatic heterocycles. The molecule has 0 amide bonds. The fourth-order valence-corrected chi connectivity index (χ4v) is 2.49. The van der Waals surface area contributed by atoms with Crippen LogP contribution in [-0.4, -0.2) is 45.2 Å². The zero-order valence-electron chi connectivity index (χ0n) is 15.6. The van der Waals surface area contributed by atoms with Crippen molar-refractivity contribution >= 4 is 29.9 Å². The average molecular weight is 473 g/mol. The Kier molecular flexibility index (Phi) is 10.8. The zero-order chi connectivity index (χ0) is 17.9. The van der Waals surface area contributed by atoms with E-state index in [9.17, 15) is 0 Å². The molecule has 0 fully saturated rings. The van der Waals surface area contributed by atoms with Gasteiger partial charge in [-0.1, -0.05) is 18.2 Å². The molecule has 0 bridgehead atoms. The van der Waals surface area contributed by atoms with Crippen molar-refractivity contribution in [3.63, 3.8) is 0 Å². The maximum absolute atomic E-state index is 5.58. The maximum Gasteiger partial charge on any atom is 0.193 e. The Bertz CT molecular complexity index is 647. The number of ether oxygens (including phenoxy) is 2. The molecule has 2 rings (SSSR count).